The molecule has 0 aliphatic heterocycles. The average molecular weight is 236 g/mol. The predicted molar refractivity (Wildman–Crippen MR) is 71.5 cm³/mol. The lowest BCUT2D eigenvalue weighted by Crippen LogP contribution is -2.01. The number of methoxy groups -OCH3 is 1. The fourth-order valence-corrected chi connectivity index (χ4v) is 1.76. The smallest absolute Gasteiger partial charge is 0.118 e. The molecule has 1 aromatic rings. The Bertz CT molecular complexity index is 292. The highest BCUT2D eigenvalue weighted by molar-refractivity contribution is 5.28. The van der Waals surface area contributed by atoms with Gasteiger partial charge in [0.15, 0.2) is 0 Å². The Labute approximate surface area is 105 Å². The average Bonchev–Trinajstić information content (AvgIpc) is 2.38. The van der Waals surface area contributed by atoms with Crippen molar-refractivity contribution in [1.29, 1.82) is 0 Å². The molecular weight excluding hydrogens is 212 g/mol. The van der Waals surface area contributed by atoms with E-state index < -0.39 is 0 Å². The Hall–Kier alpha value is -1.02. The first-order chi connectivity index (χ1) is 8.27. The zero-order valence-corrected chi connectivity index (χ0v) is 11.2. The summed E-state index contributed by atoms with van der Waals surface area (Å²) in [4.78, 5) is 0. The molecule has 0 heterocycles. The summed E-state index contributed by atoms with van der Waals surface area (Å²) in [5.74, 6) is 0.892. The van der Waals surface area contributed by atoms with E-state index in [0.717, 1.165) is 18.8 Å². The lowest BCUT2D eigenvalue weighted by Gasteiger charge is -2.13. The van der Waals surface area contributed by atoms with Gasteiger partial charge in [-0.25, -0.2) is 0 Å². The predicted octanol–water partition coefficient (Wildman–Crippen LogP) is 4.35. The van der Waals surface area contributed by atoms with Crippen molar-refractivity contribution < 1.29 is 9.47 Å². The van der Waals surface area contributed by atoms with Gasteiger partial charge in [0.2, 0.25) is 0 Å². The molecule has 0 amide bonds. The lowest BCUT2D eigenvalue weighted by atomic mass is 10.1. The Morgan fingerprint density at radius 2 is 1.76 bits per heavy atom. The van der Waals surface area contributed by atoms with Crippen molar-refractivity contribution in [2.45, 2.75) is 45.6 Å². The maximum absolute atomic E-state index is 5.81. The van der Waals surface area contributed by atoms with Crippen LogP contribution < -0.4 is 4.74 Å². The molecule has 1 rings (SSSR count). The van der Waals surface area contributed by atoms with E-state index in [9.17, 15) is 0 Å². The molecule has 0 fully saturated rings. The van der Waals surface area contributed by atoms with Gasteiger partial charge in [0.1, 0.15) is 5.75 Å². The molecule has 1 unspecified atom stereocenters. The first-order valence-corrected chi connectivity index (χ1v) is 6.53. The van der Waals surface area contributed by atoms with E-state index in [1.54, 1.807) is 7.11 Å². The number of hydrogen-bond donors (Lipinski definition) is 0. The quantitative estimate of drug-likeness (QED) is 0.625. The summed E-state index contributed by atoms with van der Waals surface area (Å²) >= 11 is 0. The van der Waals surface area contributed by atoms with Gasteiger partial charge in [0.05, 0.1) is 13.2 Å². The molecule has 0 aliphatic carbocycles. The molecule has 0 N–H and O–H groups in total. The van der Waals surface area contributed by atoms with Crippen molar-refractivity contribution in [1.82, 2.24) is 0 Å². The maximum atomic E-state index is 5.81. The van der Waals surface area contributed by atoms with Crippen LogP contribution in [0.3, 0.4) is 0 Å². The standard InChI is InChI=1S/C15H24O2/c1-4-5-6-7-12-17-13(2)14-8-10-15(16-3)11-9-14/h8-11,13H,4-7,12H2,1-3H3. The van der Waals surface area contributed by atoms with Crippen LogP contribution in [0.1, 0.15) is 51.2 Å². The third-order valence-corrected chi connectivity index (χ3v) is 2.95. The van der Waals surface area contributed by atoms with Gasteiger partial charge in [-0.1, -0.05) is 38.3 Å². The molecular formula is C15H24O2. The highest BCUT2D eigenvalue weighted by atomic mass is 16.5. The van der Waals surface area contributed by atoms with E-state index in [2.05, 4.69) is 26.0 Å². The third-order valence-electron chi connectivity index (χ3n) is 2.95. The second kappa shape index (κ2) is 8.13. The topological polar surface area (TPSA) is 18.5 Å². The van der Waals surface area contributed by atoms with Crippen molar-refractivity contribution in [2.24, 2.45) is 0 Å². The van der Waals surface area contributed by atoms with Crippen LogP contribution in [0.15, 0.2) is 24.3 Å². The summed E-state index contributed by atoms with van der Waals surface area (Å²) in [6, 6.07) is 8.09. The molecule has 0 aliphatic rings. The van der Waals surface area contributed by atoms with Gasteiger partial charge in [-0.2, -0.15) is 0 Å². The molecule has 2 heteroatoms. The van der Waals surface area contributed by atoms with Gasteiger partial charge in [-0.15, -0.1) is 0 Å². The van der Waals surface area contributed by atoms with Crippen LogP contribution >= 0.6 is 0 Å². The third kappa shape index (κ3) is 5.22. The fraction of sp³-hybridized carbons (Fsp3) is 0.600. The molecule has 1 aromatic carbocycles. The molecule has 96 valence electrons. The molecule has 0 bridgehead atoms. The van der Waals surface area contributed by atoms with Crippen LogP contribution in [0.4, 0.5) is 0 Å². The van der Waals surface area contributed by atoms with E-state index in [1.807, 2.05) is 12.1 Å². The van der Waals surface area contributed by atoms with Crippen LogP contribution in [-0.4, -0.2) is 13.7 Å². The van der Waals surface area contributed by atoms with E-state index >= 15 is 0 Å². The molecule has 0 saturated carbocycles. The number of hydrogen-bond acceptors (Lipinski definition) is 2. The normalized spacial score (nSPS) is 12.4. The summed E-state index contributed by atoms with van der Waals surface area (Å²) in [6.45, 7) is 5.18. The molecule has 2 nitrogen and oxygen atoms in total. The Morgan fingerprint density at radius 3 is 2.35 bits per heavy atom. The highest BCUT2D eigenvalue weighted by Crippen LogP contribution is 2.20. The summed E-state index contributed by atoms with van der Waals surface area (Å²) in [7, 11) is 1.68. The molecule has 0 spiro atoms. The van der Waals surface area contributed by atoms with Crippen LogP contribution in [0.5, 0.6) is 5.75 Å². The largest absolute Gasteiger partial charge is 0.497 e. The fourth-order valence-electron chi connectivity index (χ4n) is 1.76. The first kappa shape index (κ1) is 14.0. The Balaban J connectivity index is 2.28. The summed E-state index contributed by atoms with van der Waals surface area (Å²) in [5.41, 5.74) is 1.21. The number of unbranched alkanes of at least 4 members (excludes halogenated alkanes) is 3. The SMILES string of the molecule is CCCCCCOC(C)c1ccc(OC)cc1. The van der Waals surface area contributed by atoms with E-state index in [4.69, 9.17) is 9.47 Å². The summed E-state index contributed by atoms with van der Waals surface area (Å²) < 4.78 is 10.9. The van der Waals surface area contributed by atoms with Gasteiger partial charge in [-0.05, 0) is 31.0 Å². The van der Waals surface area contributed by atoms with E-state index in [-0.39, 0.29) is 6.10 Å². The monoisotopic (exact) mass is 236 g/mol. The molecule has 0 radical (unpaired) electrons. The van der Waals surface area contributed by atoms with Gasteiger partial charge in [0.25, 0.3) is 0 Å². The number of ether oxygens (including phenoxy) is 2. The molecule has 0 saturated heterocycles. The Kier molecular flexibility index (Phi) is 6.71. The van der Waals surface area contributed by atoms with Crippen molar-refractivity contribution >= 4 is 0 Å². The van der Waals surface area contributed by atoms with Gasteiger partial charge in [-0.3, -0.25) is 0 Å². The number of benzene rings is 1. The van der Waals surface area contributed by atoms with Crippen molar-refractivity contribution in [3.8, 4) is 5.75 Å². The molecule has 17 heavy (non-hydrogen) atoms. The van der Waals surface area contributed by atoms with Crippen molar-refractivity contribution in [3.63, 3.8) is 0 Å². The minimum atomic E-state index is 0.169. The second-order valence-electron chi connectivity index (χ2n) is 4.35. The first-order valence-electron chi connectivity index (χ1n) is 6.53. The van der Waals surface area contributed by atoms with Gasteiger partial charge in [0, 0.05) is 6.61 Å². The second-order valence-corrected chi connectivity index (χ2v) is 4.35. The number of rotatable bonds is 8. The van der Waals surface area contributed by atoms with Gasteiger partial charge < -0.3 is 9.47 Å². The molecule has 0 aromatic heterocycles. The zero-order chi connectivity index (χ0) is 12.5. The maximum Gasteiger partial charge on any atom is 0.118 e. The highest BCUT2D eigenvalue weighted by Gasteiger charge is 2.05. The van der Waals surface area contributed by atoms with Crippen LogP contribution in [-0.2, 0) is 4.74 Å². The van der Waals surface area contributed by atoms with Crippen LogP contribution in [0.25, 0.3) is 0 Å². The summed E-state index contributed by atoms with van der Waals surface area (Å²) in [6.07, 6.45) is 5.18. The van der Waals surface area contributed by atoms with Crippen molar-refractivity contribution in [2.75, 3.05) is 13.7 Å². The van der Waals surface area contributed by atoms with Crippen molar-refractivity contribution in [3.05, 3.63) is 29.8 Å². The Morgan fingerprint density at radius 1 is 1.06 bits per heavy atom. The lowest BCUT2D eigenvalue weighted by molar-refractivity contribution is 0.0628. The van der Waals surface area contributed by atoms with E-state index in [1.165, 1.54) is 24.8 Å². The minimum absolute atomic E-state index is 0.169. The summed E-state index contributed by atoms with van der Waals surface area (Å²) in [5, 5.41) is 0. The molecule has 1 atom stereocenters. The van der Waals surface area contributed by atoms with Crippen LogP contribution in [0.2, 0.25) is 0 Å². The van der Waals surface area contributed by atoms with Crippen LogP contribution in [0, 0.1) is 0 Å². The van der Waals surface area contributed by atoms with E-state index in [0.29, 0.717) is 0 Å². The minimum Gasteiger partial charge on any atom is -0.497 e. The zero-order valence-electron chi connectivity index (χ0n) is 11.2. The van der Waals surface area contributed by atoms with Gasteiger partial charge >= 0.3 is 0 Å².